The third-order valence-corrected chi connectivity index (χ3v) is 2.64. The van der Waals surface area contributed by atoms with E-state index >= 15 is 0 Å². The van der Waals surface area contributed by atoms with Crippen LogP contribution in [-0.2, 0) is 0 Å². The van der Waals surface area contributed by atoms with Crippen LogP contribution in [0.4, 0.5) is 0 Å². The first-order chi connectivity index (χ1) is 8.43. The highest BCUT2D eigenvalue weighted by Crippen LogP contribution is 2.26. The van der Waals surface area contributed by atoms with Crippen LogP contribution in [0.15, 0.2) is 18.2 Å². The number of aromatic hydroxyl groups is 1. The van der Waals surface area contributed by atoms with E-state index in [-0.39, 0.29) is 17.7 Å². The molecule has 2 N–H and O–H groups in total. The van der Waals surface area contributed by atoms with E-state index < -0.39 is 0 Å². The molecule has 1 rings (SSSR count). The summed E-state index contributed by atoms with van der Waals surface area (Å²) in [5.41, 5.74) is 0.434. The maximum absolute atomic E-state index is 11.9. The molecule has 0 heterocycles. The number of ether oxygens (including phenoxy) is 1. The molecule has 100 valence electrons. The normalized spacial score (nSPS) is 12.3. The Morgan fingerprint density at radius 2 is 2.06 bits per heavy atom. The molecule has 0 fully saturated rings. The number of carbonyl (C=O) groups is 1. The van der Waals surface area contributed by atoms with Gasteiger partial charge in [0, 0.05) is 11.6 Å². The maximum atomic E-state index is 11.9. The van der Waals surface area contributed by atoms with Gasteiger partial charge in [0.1, 0.15) is 0 Å². The summed E-state index contributed by atoms with van der Waals surface area (Å²) < 4.78 is 4.93. The second-order valence-electron chi connectivity index (χ2n) is 4.89. The molecule has 0 aliphatic rings. The van der Waals surface area contributed by atoms with Gasteiger partial charge in [0.25, 0.3) is 5.91 Å². The van der Waals surface area contributed by atoms with Gasteiger partial charge in [0.05, 0.1) is 7.11 Å². The molecule has 0 aromatic heterocycles. The van der Waals surface area contributed by atoms with Crippen LogP contribution in [0.25, 0.3) is 0 Å². The number of phenols is 1. The molecule has 0 bridgehead atoms. The summed E-state index contributed by atoms with van der Waals surface area (Å²) in [5, 5.41) is 12.5. The summed E-state index contributed by atoms with van der Waals surface area (Å²) in [7, 11) is 1.47. The van der Waals surface area contributed by atoms with Crippen LogP contribution in [0.3, 0.4) is 0 Å². The lowest BCUT2D eigenvalue weighted by Crippen LogP contribution is -2.33. The van der Waals surface area contributed by atoms with E-state index in [2.05, 4.69) is 19.2 Å². The summed E-state index contributed by atoms with van der Waals surface area (Å²) in [5.74, 6) is 0.689. The zero-order valence-electron chi connectivity index (χ0n) is 11.4. The lowest BCUT2D eigenvalue weighted by Gasteiger charge is -2.16. The zero-order valence-corrected chi connectivity index (χ0v) is 11.4. The standard InChI is InChI=1S/C14H21NO3/c1-9(2)7-10(3)15-14(17)11-5-6-13(18-4)12(16)8-11/h5-6,8-10,16H,7H2,1-4H3,(H,15,17). The Morgan fingerprint density at radius 1 is 1.39 bits per heavy atom. The Bertz CT molecular complexity index is 416. The summed E-state index contributed by atoms with van der Waals surface area (Å²) in [6, 6.07) is 4.74. The second kappa shape index (κ2) is 6.28. The monoisotopic (exact) mass is 251 g/mol. The highest BCUT2D eigenvalue weighted by molar-refractivity contribution is 5.95. The predicted molar refractivity (Wildman–Crippen MR) is 71.0 cm³/mol. The Morgan fingerprint density at radius 3 is 2.56 bits per heavy atom. The van der Waals surface area contributed by atoms with Crippen molar-refractivity contribution in [2.45, 2.75) is 33.2 Å². The molecule has 1 aromatic carbocycles. The van der Waals surface area contributed by atoms with Crippen LogP contribution in [0, 0.1) is 5.92 Å². The molecule has 0 saturated carbocycles. The molecule has 0 saturated heterocycles. The Kier molecular flexibility index (Phi) is 5.01. The van der Waals surface area contributed by atoms with Gasteiger partial charge in [-0.1, -0.05) is 13.8 Å². The number of phenolic OH excluding ortho intramolecular Hbond substituents is 1. The first-order valence-corrected chi connectivity index (χ1v) is 6.12. The minimum absolute atomic E-state index is 0.0262. The van der Waals surface area contributed by atoms with Crippen molar-refractivity contribution in [2.24, 2.45) is 5.92 Å². The fraction of sp³-hybridized carbons (Fsp3) is 0.500. The number of nitrogens with one attached hydrogen (secondary N) is 1. The first kappa shape index (κ1) is 14.4. The summed E-state index contributed by atoms with van der Waals surface area (Å²) in [6.07, 6.45) is 0.924. The molecule has 0 radical (unpaired) electrons. The topological polar surface area (TPSA) is 58.6 Å². The minimum atomic E-state index is -0.180. The van der Waals surface area contributed by atoms with E-state index in [4.69, 9.17) is 4.74 Å². The van der Waals surface area contributed by atoms with Gasteiger partial charge in [-0.25, -0.2) is 0 Å². The van der Waals surface area contributed by atoms with Crippen molar-refractivity contribution in [2.75, 3.05) is 7.11 Å². The Hall–Kier alpha value is -1.71. The Balaban J connectivity index is 2.70. The van der Waals surface area contributed by atoms with Gasteiger partial charge < -0.3 is 15.2 Å². The molecule has 1 aromatic rings. The molecule has 18 heavy (non-hydrogen) atoms. The summed E-state index contributed by atoms with van der Waals surface area (Å²) in [4.78, 5) is 11.9. The van der Waals surface area contributed by atoms with Crippen LogP contribution in [0.5, 0.6) is 11.5 Å². The smallest absolute Gasteiger partial charge is 0.251 e. The van der Waals surface area contributed by atoms with Gasteiger partial charge in [-0.3, -0.25) is 4.79 Å². The fourth-order valence-corrected chi connectivity index (χ4v) is 1.90. The molecule has 0 aliphatic carbocycles. The van der Waals surface area contributed by atoms with Gasteiger partial charge in [0.15, 0.2) is 11.5 Å². The summed E-state index contributed by atoms with van der Waals surface area (Å²) in [6.45, 7) is 6.20. The van der Waals surface area contributed by atoms with Crippen LogP contribution >= 0.6 is 0 Å². The van der Waals surface area contributed by atoms with Crippen molar-refractivity contribution >= 4 is 5.91 Å². The fourth-order valence-electron chi connectivity index (χ4n) is 1.90. The average molecular weight is 251 g/mol. The third kappa shape index (κ3) is 3.95. The molecule has 4 heteroatoms. The molecular formula is C14H21NO3. The largest absolute Gasteiger partial charge is 0.504 e. The van der Waals surface area contributed by atoms with Crippen LogP contribution < -0.4 is 10.1 Å². The number of rotatable bonds is 5. The van der Waals surface area contributed by atoms with E-state index in [0.717, 1.165) is 6.42 Å². The number of hydrogen-bond acceptors (Lipinski definition) is 3. The summed E-state index contributed by atoms with van der Waals surface area (Å²) >= 11 is 0. The van der Waals surface area contributed by atoms with E-state index in [9.17, 15) is 9.90 Å². The van der Waals surface area contributed by atoms with E-state index in [1.54, 1.807) is 12.1 Å². The van der Waals surface area contributed by atoms with Crippen LogP contribution in [-0.4, -0.2) is 24.2 Å². The van der Waals surface area contributed by atoms with Crippen molar-refractivity contribution < 1.29 is 14.6 Å². The molecule has 0 aliphatic heterocycles. The number of hydrogen-bond donors (Lipinski definition) is 2. The van der Waals surface area contributed by atoms with Gasteiger partial charge in [0.2, 0.25) is 0 Å². The zero-order chi connectivity index (χ0) is 13.7. The lowest BCUT2D eigenvalue weighted by atomic mass is 10.0. The minimum Gasteiger partial charge on any atom is -0.504 e. The number of amides is 1. The average Bonchev–Trinajstić information content (AvgIpc) is 2.27. The molecule has 1 atom stereocenters. The van der Waals surface area contributed by atoms with Gasteiger partial charge in [-0.05, 0) is 37.5 Å². The number of carbonyl (C=O) groups excluding carboxylic acids is 1. The SMILES string of the molecule is COc1ccc(C(=O)NC(C)CC(C)C)cc1O. The Labute approximate surface area is 108 Å². The van der Waals surface area contributed by atoms with E-state index in [1.165, 1.54) is 13.2 Å². The van der Waals surface area contributed by atoms with Crippen molar-refractivity contribution in [3.05, 3.63) is 23.8 Å². The molecule has 1 amide bonds. The first-order valence-electron chi connectivity index (χ1n) is 6.12. The maximum Gasteiger partial charge on any atom is 0.251 e. The van der Waals surface area contributed by atoms with Crippen molar-refractivity contribution in [1.82, 2.24) is 5.32 Å². The quantitative estimate of drug-likeness (QED) is 0.845. The molecule has 1 unspecified atom stereocenters. The van der Waals surface area contributed by atoms with Crippen molar-refractivity contribution in [3.63, 3.8) is 0 Å². The number of benzene rings is 1. The van der Waals surface area contributed by atoms with Crippen molar-refractivity contribution in [1.29, 1.82) is 0 Å². The molecule has 4 nitrogen and oxygen atoms in total. The molecule has 0 spiro atoms. The highest BCUT2D eigenvalue weighted by Gasteiger charge is 2.12. The van der Waals surface area contributed by atoms with Crippen LogP contribution in [0.2, 0.25) is 0 Å². The third-order valence-electron chi connectivity index (χ3n) is 2.64. The van der Waals surface area contributed by atoms with E-state index in [1.807, 2.05) is 6.92 Å². The number of methoxy groups -OCH3 is 1. The van der Waals surface area contributed by atoms with Crippen LogP contribution in [0.1, 0.15) is 37.6 Å². The molecular weight excluding hydrogens is 230 g/mol. The van der Waals surface area contributed by atoms with Gasteiger partial charge in [-0.15, -0.1) is 0 Å². The van der Waals surface area contributed by atoms with E-state index in [0.29, 0.717) is 17.2 Å². The van der Waals surface area contributed by atoms with Gasteiger partial charge >= 0.3 is 0 Å². The lowest BCUT2D eigenvalue weighted by molar-refractivity contribution is 0.0935. The predicted octanol–water partition coefficient (Wildman–Crippen LogP) is 2.57. The van der Waals surface area contributed by atoms with Crippen molar-refractivity contribution in [3.8, 4) is 11.5 Å². The second-order valence-corrected chi connectivity index (χ2v) is 4.89. The highest BCUT2D eigenvalue weighted by atomic mass is 16.5. The van der Waals surface area contributed by atoms with Gasteiger partial charge in [-0.2, -0.15) is 0 Å².